The SMILES string of the molecule is CC(C)(C)c1ccnc(-n2c3[c-]c(Oc4[c-]c(-n5[c-][n+](-c6cccc(C(C)(C)c7ccccc7)c6)c(C(C)(C)C)c5)cc(C(C)(C)c5ccccc5)c4)cc(C(C)(C)C)c3c3ccccc32)c1.[Pt]. The van der Waals surface area contributed by atoms with Crippen LogP contribution in [0.15, 0.2) is 152 Å². The Hall–Kier alpha value is -6.03. The van der Waals surface area contributed by atoms with Gasteiger partial charge in [-0.15, -0.1) is 35.4 Å². The van der Waals surface area contributed by atoms with Gasteiger partial charge in [-0.1, -0.05) is 192 Å². The van der Waals surface area contributed by atoms with Gasteiger partial charge in [-0.2, -0.15) is 6.07 Å². The van der Waals surface area contributed by atoms with Crippen LogP contribution >= 0.6 is 0 Å². The zero-order chi connectivity index (χ0) is 47.7. The first-order chi connectivity index (χ1) is 31.6. The Morgan fingerprint density at radius 3 is 1.76 bits per heavy atom. The van der Waals surface area contributed by atoms with Crippen molar-refractivity contribution in [2.24, 2.45) is 0 Å². The van der Waals surface area contributed by atoms with Crippen LogP contribution in [-0.2, 0) is 48.1 Å². The summed E-state index contributed by atoms with van der Waals surface area (Å²) in [6, 6.07) is 57.4. The van der Waals surface area contributed by atoms with Crippen molar-refractivity contribution in [3.63, 3.8) is 0 Å². The molecular weight excluding hydrogens is 1010 g/mol. The minimum atomic E-state index is -0.378. The van der Waals surface area contributed by atoms with Crippen molar-refractivity contribution in [2.45, 2.75) is 117 Å². The number of fused-ring (bicyclic) bond motifs is 3. The van der Waals surface area contributed by atoms with E-state index in [0.29, 0.717) is 11.5 Å². The Bertz CT molecular complexity index is 3260. The standard InChI is InChI=1S/C62H64N4O.Pt/c1-58(2,3)44-31-32-63-56(36-44)66-53-30-21-20-29-51(53)57-52(59(4,5)6)38-50(39-54(57)66)67-49-35-46(62(12,13)43-25-18-15-19-26-43)34-48(37-49)64-40-55(60(7,8)9)65(41-64)47-28-22-27-45(33-47)61(10,11)42-23-16-14-17-24-42;/h14-36,38,40H,1-13H3;/q-2;. The largest absolute Gasteiger partial charge is 0.510 e. The average molecular weight is 1080 g/mol. The molecule has 6 aromatic carbocycles. The second-order valence-corrected chi connectivity index (χ2v) is 22.3. The molecule has 0 unspecified atom stereocenters. The quantitative estimate of drug-likeness (QED) is 0.107. The molecule has 0 saturated carbocycles. The molecule has 0 bridgehead atoms. The van der Waals surface area contributed by atoms with Crippen LogP contribution in [-0.4, -0.2) is 14.1 Å². The van der Waals surface area contributed by atoms with Gasteiger partial charge in [-0.05, 0) is 85.3 Å². The summed E-state index contributed by atoms with van der Waals surface area (Å²) in [5, 5.41) is 2.31. The van der Waals surface area contributed by atoms with Crippen LogP contribution in [0.5, 0.6) is 11.5 Å². The number of nitrogens with zero attached hydrogens (tertiary/aromatic N) is 4. The van der Waals surface area contributed by atoms with Crippen molar-refractivity contribution in [3.8, 4) is 28.7 Å². The molecule has 0 fully saturated rings. The number of benzene rings is 6. The van der Waals surface area contributed by atoms with E-state index in [1.165, 1.54) is 27.8 Å². The number of hydrogen-bond acceptors (Lipinski definition) is 2. The van der Waals surface area contributed by atoms with Crippen molar-refractivity contribution in [1.82, 2.24) is 14.1 Å². The molecule has 0 radical (unpaired) electrons. The average Bonchev–Trinajstić information content (AvgIpc) is 3.90. The fraction of sp³-hybridized carbons (Fsp3) is 0.290. The van der Waals surface area contributed by atoms with Gasteiger partial charge in [0.1, 0.15) is 5.82 Å². The number of para-hydroxylation sites is 1. The zero-order valence-electron chi connectivity index (χ0n) is 41.9. The summed E-state index contributed by atoms with van der Waals surface area (Å²) >= 11 is 0. The van der Waals surface area contributed by atoms with E-state index in [4.69, 9.17) is 9.72 Å². The Kier molecular flexibility index (Phi) is 12.7. The van der Waals surface area contributed by atoms with E-state index >= 15 is 0 Å². The van der Waals surface area contributed by atoms with Crippen LogP contribution in [0.3, 0.4) is 0 Å². The molecule has 0 spiro atoms. The van der Waals surface area contributed by atoms with Crippen LogP contribution in [0, 0.1) is 18.5 Å². The molecule has 9 rings (SSSR count). The monoisotopic (exact) mass is 1080 g/mol. The Labute approximate surface area is 419 Å². The van der Waals surface area contributed by atoms with Crippen LogP contribution in [0.25, 0.3) is 39.0 Å². The molecule has 9 aromatic rings. The predicted molar refractivity (Wildman–Crippen MR) is 276 cm³/mol. The van der Waals surface area contributed by atoms with Gasteiger partial charge < -0.3 is 13.9 Å². The van der Waals surface area contributed by atoms with E-state index in [2.05, 4.69) is 268 Å². The van der Waals surface area contributed by atoms with Gasteiger partial charge in [-0.3, -0.25) is 4.57 Å². The smallest absolute Gasteiger partial charge is 0.267 e. The molecule has 5 nitrogen and oxygen atoms in total. The van der Waals surface area contributed by atoms with E-state index in [9.17, 15) is 0 Å². The van der Waals surface area contributed by atoms with Crippen molar-refractivity contribution in [2.75, 3.05) is 0 Å². The fourth-order valence-electron chi connectivity index (χ4n) is 9.37. The summed E-state index contributed by atoms with van der Waals surface area (Å²) in [5.74, 6) is 2.07. The predicted octanol–water partition coefficient (Wildman–Crippen LogP) is 15.0. The van der Waals surface area contributed by atoms with Gasteiger partial charge in [0.05, 0.1) is 11.4 Å². The van der Waals surface area contributed by atoms with E-state index in [-0.39, 0.29) is 48.1 Å². The third-order valence-corrected chi connectivity index (χ3v) is 13.6. The normalized spacial score (nSPS) is 12.7. The number of hydrogen-bond donors (Lipinski definition) is 0. The Balaban J connectivity index is 0.00000625. The van der Waals surface area contributed by atoms with E-state index < -0.39 is 0 Å². The first-order valence-electron chi connectivity index (χ1n) is 23.6. The molecule has 0 N–H and O–H groups in total. The first-order valence-corrected chi connectivity index (χ1v) is 23.6. The molecule has 0 aliphatic carbocycles. The van der Waals surface area contributed by atoms with Gasteiger partial charge in [0.15, 0.2) is 0 Å². The Morgan fingerprint density at radius 2 is 1.13 bits per heavy atom. The van der Waals surface area contributed by atoms with E-state index in [0.717, 1.165) is 50.3 Å². The van der Waals surface area contributed by atoms with Crippen molar-refractivity contribution in [3.05, 3.63) is 209 Å². The number of aromatic nitrogens is 4. The molecule has 0 atom stereocenters. The zero-order valence-corrected chi connectivity index (χ0v) is 44.2. The number of rotatable bonds is 9. The molecule has 3 heterocycles. The van der Waals surface area contributed by atoms with Gasteiger partial charge >= 0.3 is 0 Å². The van der Waals surface area contributed by atoms with Crippen LogP contribution in [0.2, 0.25) is 0 Å². The van der Waals surface area contributed by atoms with Crippen LogP contribution < -0.4 is 9.30 Å². The van der Waals surface area contributed by atoms with Crippen molar-refractivity contribution >= 4 is 21.8 Å². The number of imidazole rings is 1. The maximum Gasteiger partial charge on any atom is 0.267 e. The molecule has 0 aliphatic heterocycles. The molecule has 3 aromatic heterocycles. The summed E-state index contributed by atoms with van der Waals surface area (Å²) in [4.78, 5) is 4.98. The molecule has 0 aliphatic rings. The van der Waals surface area contributed by atoms with E-state index in [1.54, 1.807) is 0 Å². The van der Waals surface area contributed by atoms with Crippen molar-refractivity contribution in [1.29, 1.82) is 0 Å². The number of ether oxygens (including phenoxy) is 1. The second kappa shape index (κ2) is 17.8. The first kappa shape index (κ1) is 48.4. The number of pyridine rings is 1. The van der Waals surface area contributed by atoms with Gasteiger partial charge in [0.2, 0.25) is 0 Å². The second-order valence-electron chi connectivity index (χ2n) is 22.3. The fourth-order valence-corrected chi connectivity index (χ4v) is 9.37. The Morgan fingerprint density at radius 1 is 0.529 bits per heavy atom. The van der Waals surface area contributed by atoms with Gasteiger partial charge in [0.25, 0.3) is 6.33 Å². The molecule has 0 amide bonds. The molecule has 68 heavy (non-hydrogen) atoms. The summed E-state index contributed by atoms with van der Waals surface area (Å²) in [6.07, 6.45) is 7.92. The van der Waals surface area contributed by atoms with Crippen molar-refractivity contribution < 1.29 is 30.4 Å². The van der Waals surface area contributed by atoms with E-state index in [1.807, 2.05) is 6.20 Å². The van der Waals surface area contributed by atoms with Gasteiger partial charge in [-0.25, -0.2) is 4.98 Å². The molecular formula is C62H64N4OPt-2. The van der Waals surface area contributed by atoms with Crippen LogP contribution in [0.1, 0.15) is 129 Å². The third-order valence-electron chi connectivity index (χ3n) is 13.6. The summed E-state index contributed by atoms with van der Waals surface area (Å²) in [7, 11) is 0. The topological polar surface area (TPSA) is 35.9 Å². The molecule has 6 heteroatoms. The maximum atomic E-state index is 7.13. The molecule has 0 saturated heterocycles. The molecule has 350 valence electrons. The van der Waals surface area contributed by atoms with Crippen LogP contribution in [0.4, 0.5) is 0 Å². The van der Waals surface area contributed by atoms with Gasteiger partial charge in [0, 0.05) is 55.9 Å². The summed E-state index contributed by atoms with van der Waals surface area (Å²) < 4.78 is 13.7. The minimum Gasteiger partial charge on any atom is -0.510 e. The third kappa shape index (κ3) is 9.15. The summed E-state index contributed by atoms with van der Waals surface area (Å²) in [6.45, 7) is 29.5. The minimum absolute atomic E-state index is 0. The maximum absolute atomic E-state index is 7.13. The summed E-state index contributed by atoms with van der Waals surface area (Å²) in [5.41, 5.74) is 11.1.